The number of rotatable bonds is 8. The van der Waals surface area contributed by atoms with Gasteiger partial charge in [0.2, 0.25) is 0 Å². The second-order valence-corrected chi connectivity index (χ2v) is 12.3. The van der Waals surface area contributed by atoms with Crippen LogP contribution in [0.3, 0.4) is 0 Å². The van der Waals surface area contributed by atoms with Crippen LogP contribution in [0.4, 0.5) is 5.82 Å². The van der Waals surface area contributed by atoms with Gasteiger partial charge in [-0.2, -0.15) is 0 Å². The van der Waals surface area contributed by atoms with Gasteiger partial charge in [0.25, 0.3) is 11.5 Å². The Morgan fingerprint density at radius 2 is 1.94 bits per heavy atom. The maximum Gasteiger partial charge on any atom is 0.267 e. The van der Waals surface area contributed by atoms with E-state index in [9.17, 15) is 9.59 Å². The fourth-order valence-corrected chi connectivity index (χ4v) is 6.72. The summed E-state index contributed by atoms with van der Waals surface area (Å²) in [5, 5.41) is 0. The Morgan fingerprint density at radius 3 is 2.61 bits per heavy atom. The lowest BCUT2D eigenvalue weighted by atomic mass is 9.91. The van der Waals surface area contributed by atoms with Crippen molar-refractivity contribution in [2.75, 3.05) is 24.5 Å². The molecule has 36 heavy (non-hydrogen) atoms. The first-order chi connectivity index (χ1) is 17.2. The van der Waals surface area contributed by atoms with Crippen molar-refractivity contribution in [3.8, 4) is 0 Å². The fraction of sp³-hybridized carbons (Fsp3) is 0.571. The molecule has 8 heteroatoms. The minimum Gasteiger partial charge on any atom is -0.355 e. The number of thioether (sulfide) groups is 1. The van der Waals surface area contributed by atoms with Gasteiger partial charge in [0.05, 0.1) is 10.5 Å². The summed E-state index contributed by atoms with van der Waals surface area (Å²) in [5.74, 6) is 2.01. The Bertz CT molecular complexity index is 1230. The number of amides is 1. The minimum atomic E-state index is -0.149. The highest BCUT2D eigenvalue weighted by molar-refractivity contribution is 8.26. The van der Waals surface area contributed by atoms with E-state index in [1.807, 2.05) is 19.1 Å². The maximum absolute atomic E-state index is 13.8. The van der Waals surface area contributed by atoms with E-state index in [0.29, 0.717) is 50.6 Å². The Balaban J connectivity index is 1.76. The van der Waals surface area contributed by atoms with E-state index in [1.54, 1.807) is 21.6 Å². The zero-order valence-electron chi connectivity index (χ0n) is 22.1. The van der Waals surface area contributed by atoms with Crippen molar-refractivity contribution in [3.05, 3.63) is 44.7 Å². The van der Waals surface area contributed by atoms with Crippen molar-refractivity contribution in [1.29, 1.82) is 0 Å². The molecule has 0 radical (unpaired) electrons. The zero-order chi connectivity index (χ0) is 26.0. The number of thiocarbonyl (C=S) groups is 1. The molecular weight excluding hydrogens is 488 g/mol. The predicted molar refractivity (Wildman–Crippen MR) is 155 cm³/mol. The molecule has 6 nitrogen and oxygen atoms in total. The van der Waals surface area contributed by atoms with Crippen LogP contribution in [-0.2, 0) is 4.79 Å². The highest BCUT2D eigenvalue weighted by atomic mass is 32.2. The van der Waals surface area contributed by atoms with Gasteiger partial charge in [0.15, 0.2) is 0 Å². The number of piperidine rings is 1. The molecule has 0 aromatic carbocycles. The first-order valence-electron chi connectivity index (χ1n) is 13.3. The molecule has 0 saturated carbocycles. The molecule has 194 valence electrons. The number of aryl methyl sites for hydroxylation is 1. The first-order valence-corrected chi connectivity index (χ1v) is 14.5. The molecule has 0 aliphatic carbocycles. The maximum atomic E-state index is 13.8. The number of fused-ring (bicyclic) bond motifs is 1. The van der Waals surface area contributed by atoms with Gasteiger partial charge in [-0.25, -0.2) is 4.98 Å². The van der Waals surface area contributed by atoms with E-state index in [0.717, 1.165) is 50.8 Å². The van der Waals surface area contributed by atoms with Crippen LogP contribution >= 0.6 is 24.0 Å². The molecule has 4 rings (SSSR count). The summed E-state index contributed by atoms with van der Waals surface area (Å²) in [6.45, 7) is 13.1. The lowest BCUT2D eigenvalue weighted by Crippen LogP contribution is -2.40. The van der Waals surface area contributed by atoms with E-state index < -0.39 is 0 Å². The molecule has 0 bridgehead atoms. The number of carbonyl (C=O) groups is 1. The molecule has 2 aromatic heterocycles. The summed E-state index contributed by atoms with van der Waals surface area (Å²) in [4.78, 5) is 36.7. The summed E-state index contributed by atoms with van der Waals surface area (Å²) in [6, 6.07) is 3.83. The molecule has 2 saturated heterocycles. The number of aromatic nitrogens is 2. The van der Waals surface area contributed by atoms with Crippen LogP contribution in [0, 0.1) is 24.7 Å². The SMILES string of the molecule is CCCCC(CC)CN1C(=O)/C(=C/c2c(N3CC(C)CC(C)C3)nc3c(C)cccn3c2=O)SC1=S. The second-order valence-electron chi connectivity index (χ2n) is 10.6. The molecule has 3 atom stereocenters. The van der Waals surface area contributed by atoms with Gasteiger partial charge in [-0.05, 0) is 55.2 Å². The second kappa shape index (κ2) is 11.5. The fourth-order valence-electron chi connectivity index (χ4n) is 5.47. The number of carbonyl (C=O) groups excluding carboxylic acids is 1. The third-order valence-corrected chi connectivity index (χ3v) is 8.74. The van der Waals surface area contributed by atoms with Gasteiger partial charge < -0.3 is 4.90 Å². The van der Waals surface area contributed by atoms with E-state index >= 15 is 0 Å². The number of unbranched alkanes of at least 4 members (excludes halogenated alkanes) is 1. The normalized spacial score (nSPS) is 22.8. The van der Waals surface area contributed by atoms with Crippen LogP contribution in [0.1, 0.15) is 70.9 Å². The Kier molecular flexibility index (Phi) is 8.56. The Morgan fingerprint density at radius 1 is 1.22 bits per heavy atom. The molecule has 0 N–H and O–H groups in total. The first kappa shape index (κ1) is 26.9. The molecule has 2 aliphatic heterocycles. The summed E-state index contributed by atoms with van der Waals surface area (Å²) in [6.07, 6.45) is 9.06. The van der Waals surface area contributed by atoms with Crippen molar-refractivity contribution < 1.29 is 4.79 Å². The third kappa shape index (κ3) is 5.54. The van der Waals surface area contributed by atoms with Crippen molar-refractivity contribution in [2.45, 2.75) is 66.7 Å². The van der Waals surface area contributed by atoms with Gasteiger partial charge >= 0.3 is 0 Å². The number of hydrogen-bond donors (Lipinski definition) is 0. The largest absolute Gasteiger partial charge is 0.355 e. The highest BCUT2D eigenvalue weighted by Gasteiger charge is 2.34. The average molecular weight is 527 g/mol. The van der Waals surface area contributed by atoms with Crippen LogP contribution in [0.15, 0.2) is 28.0 Å². The molecule has 2 aromatic rings. The lowest BCUT2D eigenvalue weighted by molar-refractivity contribution is -0.122. The number of nitrogens with zero attached hydrogens (tertiary/aromatic N) is 4. The summed E-state index contributed by atoms with van der Waals surface area (Å²) < 4.78 is 2.17. The van der Waals surface area contributed by atoms with Crippen LogP contribution < -0.4 is 10.5 Å². The minimum absolute atomic E-state index is 0.0972. The predicted octanol–water partition coefficient (Wildman–Crippen LogP) is 5.90. The van der Waals surface area contributed by atoms with Crippen molar-refractivity contribution in [3.63, 3.8) is 0 Å². The Hall–Kier alpha value is -2.19. The molecule has 3 unspecified atom stereocenters. The van der Waals surface area contributed by atoms with Gasteiger partial charge in [-0.3, -0.25) is 18.9 Å². The topological polar surface area (TPSA) is 57.9 Å². The number of hydrogen-bond acceptors (Lipinski definition) is 6. The van der Waals surface area contributed by atoms with E-state index in [2.05, 4.69) is 32.6 Å². The van der Waals surface area contributed by atoms with Gasteiger partial charge in [0, 0.05) is 25.8 Å². The molecule has 4 heterocycles. The monoisotopic (exact) mass is 526 g/mol. The van der Waals surface area contributed by atoms with Crippen LogP contribution in [0.25, 0.3) is 11.7 Å². The Labute approximate surface area is 224 Å². The molecule has 1 amide bonds. The third-order valence-electron chi connectivity index (χ3n) is 7.37. The van der Waals surface area contributed by atoms with Crippen LogP contribution in [-0.4, -0.2) is 44.1 Å². The van der Waals surface area contributed by atoms with Gasteiger partial charge in [0.1, 0.15) is 15.8 Å². The lowest BCUT2D eigenvalue weighted by Gasteiger charge is -2.36. The molecule has 2 fully saturated rings. The van der Waals surface area contributed by atoms with Gasteiger partial charge in [-0.15, -0.1) is 0 Å². The number of anilines is 1. The van der Waals surface area contributed by atoms with Crippen molar-refractivity contribution >= 4 is 51.7 Å². The quantitative estimate of drug-likeness (QED) is 0.315. The van der Waals surface area contributed by atoms with Gasteiger partial charge in [-0.1, -0.05) is 77.0 Å². The standard InChI is InChI=1S/C28H38N4O2S2/c1-6-8-11-21(7-2)17-32-27(34)23(36-28(32)35)14-22-25(30-15-18(3)13-19(4)16-30)29-24-20(5)10-9-12-31(24)26(22)33/h9-10,12,14,18-19,21H,6-8,11,13,15-17H2,1-5H3/b23-14-. The summed E-state index contributed by atoms with van der Waals surface area (Å²) in [7, 11) is 0. The zero-order valence-corrected chi connectivity index (χ0v) is 23.8. The molecule has 0 spiro atoms. The summed E-state index contributed by atoms with van der Waals surface area (Å²) in [5.41, 5.74) is 1.93. The van der Waals surface area contributed by atoms with E-state index in [1.165, 1.54) is 11.8 Å². The van der Waals surface area contributed by atoms with Crippen LogP contribution in [0.2, 0.25) is 0 Å². The van der Waals surface area contributed by atoms with E-state index in [4.69, 9.17) is 17.2 Å². The molecule has 2 aliphatic rings. The molecular formula is C28H38N4O2S2. The van der Waals surface area contributed by atoms with Crippen molar-refractivity contribution in [1.82, 2.24) is 14.3 Å². The van der Waals surface area contributed by atoms with E-state index in [-0.39, 0.29) is 11.5 Å². The summed E-state index contributed by atoms with van der Waals surface area (Å²) >= 11 is 6.92. The number of pyridine rings is 1. The van der Waals surface area contributed by atoms with Crippen molar-refractivity contribution in [2.24, 2.45) is 17.8 Å². The smallest absolute Gasteiger partial charge is 0.267 e. The highest BCUT2D eigenvalue weighted by Crippen LogP contribution is 2.35. The average Bonchev–Trinajstić information content (AvgIpc) is 3.10. The van der Waals surface area contributed by atoms with Crippen LogP contribution in [0.5, 0.6) is 0 Å².